The molecule has 3 atom stereocenters. The number of nitrogens with zero attached hydrogens (tertiary/aromatic N) is 1. The minimum absolute atomic E-state index is 0.249. The number of rotatable bonds is 3. The molecule has 2 aliphatic rings. The highest BCUT2D eigenvalue weighted by Gasteiger charge is 2.62. The summed E-state index contributed by atoms with van der Waals surface area (Å²) in [5, 5.41) is 0. The summed E-state index contributed by atoms with van der Waals surface area (Å²) in [4.78, 5) is 13.1. The van der Waals surface area contributed by atoms with Crippen LogP contribution in [-0.2, 0) is 14.9 Å². The number of benzene rings is 2. The number of hydrogen-bond donors (Lipinski definition) is 0. The molecule has 146 valence electrons. The van der Waals surface area contributed by atoms with Gasteiger partial charge in [0.05, 0.1) is 17.7 Å². The van der Waals surface area contributed by atoms with E-state index in [1.807, 2.05) is 24.3 Å². The summed E-state index contributed by atoms with van der Waals surface area (Å²) < 4.78 is 46.7. The summed E-state index contributed by atoms with van der Waals surface area (Å²) in [5.41, 5.74) is 1.01. The lowest BCUT2D eigenvalue weighted by molar-refractivity contribution is -0.172. The molecule has 0 radical (unpaired) electrons. The zero-order chi connectivity index (χ0) is 20.1. The molecule has 0 unspecified atom stereocenters. The van der Waals surface area contributed by atoms with Crippen LogP contribution >= 0.6 is 15.9 Å². The van der Waals surface area contributed by atoms with Gasteiger partial charge in [0.1, 0.15) is 6.23 Å². The molecule has 0 N–H and O–H groups in total. The maximum Gasteiger partial charge on any atom is 0.471 e. The van der Waals surface area contributed by atoms with Crippen molar-refractivity contribution in [1.29, 1.82) is 0 Å². The van der Waals surface area contributed by atoms with E-state index in [-0.39, 0.29) is 18.2 Å². The Labute approximate surface area is 168 Å². The van der Waals surface area contributed by atoms with E-state index in [0.29, 0.717) is 12.0 Å². The van der Waals surface area contributed by atoms with Gasteiger partial charge in [-0.2, -0.15) is 13.2 Å². The number of amides is 1. The fraction of sp³-hybridized carbons (Fsp3) is 0.286. The fourth-order valence-electron chi connectivity index (χ4n) is 4.53. The number of allylic oxidation sites excluding steroid dienone is 1. The van der Waals surface area contributed by atoms with Gasteiger partial charge in [-0.05, 0) is 35.7 Å². The maximum atomic E-state index is 13.4. The molecule has 2 aromatic carbocycles. The lowest BCUT2D eigenvalue weighted by atomic mass is 9.67. The first-order chi connectivity index (χ1) is 13.3. The summed E-state index contributed by atoms with van der Waals surface area (Å²) in [5.74, 6) is -2.23. The zero-order valence-corrected chi connectivity index (χ0v) is 16.3. The molecule has 2 aromatic rings. The minimum atomic E-state index is -4.99. The van der Waals surface area contributed by atoms with Crippen LogP contribution in [0.4, 0.5) is 18.9 Å². The first kappa shape index (κ1) is 19.2. The monoisotopic (exact) mass is 451 g/mol. The Bertz CT molecular complexity index is 928. The first-order valence-electron chi connectivity index (χ1n) is 8.80. The van der Waals surface area contributed by atoms with E-state index in [2.05, 4.69) is 22.5 Å². The Morgan fingerprint density at radius 3 is 2.57 bits per heavy atom. The zero-order valence-electron chi connectivity index (χ0n) is 14.7. The Morgan fingerprint density at radius 2 is 1.93 bits per heavy atom. The molecule has 0 saturated carbocycles. The molecule has 28 heavy (non-hydrogen) atoms. The van der Waals surface area contributed by atoms with Gasteiger partial charge in [0.25, 0.3) is 0 Å². The summed E-state index contributed by atoms with van der Waals surface area (Å²) >= 11 is 3.40. The van der Waals surface area contributed by atoms with Gasteiger partial charge >= 0.3 is 12.1 Å². The molecule has 0 aliphatic carbocycles. The Kier molecular flexibility index (Phi) is 4.62. The van der Waals surface area contributed by atoms with Gasteiger partial charge in [-0.3, -0.25) is 9.69 Å². The van der Waals surface area contributed by atoms with Gasteiger partial charge in [-0.15, -0.1) is 6.58 Å². The number of ether oxygens (including phenoxy) is 1. The molecule has 1 fully saturated rings. The number of carbonyl (C=O) groups excluding carboxylic acids is 1. The Balaban J connectivity index is 1.91. The molecular weight excluding hydrogens is 435 g/mol. The van der Waals surface area contributed by atoms with Crippen LogP contribution in [0.5, 0.6) is 0 Å². The largest absolute Gasteiger partial charge is 0.471 e. The second kappa shape index (κ2) is 6.74. The third kappa shape index (κ3) is 2.71. The predicted octanol–water partition coefficient (Wildman–Crippen LogP) is 5.31. The second-order valence-corrected chi connectivity index (χ2v) is 7.88. The summed E-state index contributed by atoms with van der Waals surface area (Å²) in [6.07, 6.45) is -3.80. The maximum absolute atomic E-state index is 13.4. The fourth-order valence-corrected chi connectivity index (χ4v) is 4.80. The highest BCUT2D eigenvalue weighted by Crippen LogP contribution is 2.58. The van der Waals surface area contributed by atoms with Crippen molar-refractivity contribution in [3.8, 4) is 0 Å². The normalized spacial score (nSPS) is 24.6. The molecule has 0 spiro atoms. The molecular formula is C21H17BrF3NO2. The lowest BCUT2D eigenvalue weighted by Gasteiger charge is -2.37. The van der Waals surface area contributed by atoms with E-state index in [1.54, 1.807) is 30.3 Å². The number of fused-ring (bicyclic) bond motifs is 3. The Morgan fingerprint density at radius 1 is 1.25 bits per heavy atom. The van der Waals surface area contributed by atoms with Gasteiger partial charge < -0.3 is 4.74 Å². The van der Waals surface area contributed by atoms with Crippen molar-refractivity contribution < 1.29 is 22.7 Å². The summed E-state index contributed by atoms with van der Waals surface area (Å²) in [6, 6.07) is 14.3. The van der Waals surface area contributed by atoms with Crippen molar-refractivity contribution in [2.75, 3.05) is 11.5 Å². The van der Waals surface area contributed by atoms with Crippen LogP contribution in [0.15, 0.2) is 65.7 Å². The van der Waals surface area contributed by atoms with Crippen LogP contribution in [0.2, 0.25) is 0 Å². The van der Waals surface area contributed by atoms with Gasteiger partial charge in [0.15, 0.2) is 0 Å². The molecule has 2 aliphatic heterocycles. The molecule has 0 aromatic heterocycles. The van der Waals surface area contributed by atoms with Crippen molar-refractivity contribution >= 4 is 27.5 Å². The second-order valence-electron chi connectivity index (χ2n) is 6.97. The molecule has 2 heterocycles. The lowest BCUT2D eigenvalue weighted by Crippen LogP contribution is -2.51. The standard InChI is InChI=1S/C21H17BrF3NO2/c1-2-15(13-7-9-14(22)10-8-13)20-11-12-28-19(20)26(18(27)21(23,24)25)17-6-4-3-5-16(17)20/h2-10,15,19H,1,11-12H2/t15-,19-,20+/m0/s1. The van der Waals surface area contributed by atoms with E-state index in [1.165, 1.54) is 0 Å². The van der Waals surface area contributed by atoms with Crippen molar-refractivity contribution in [1.82, 2.24) is 0 Å². The van der Waals surface area contributed by atoms with Crippen LogP contribution in [0.25, 0.3) is 0 Å². The molecule has 1 amide bonds. The number of alkyl halides is 3. The van der Waals surface area contributed by atoms with Gasteiger partial charge in [0.2, 0.25) is 0 Å². The van der Waals surface area contributed by atoms with Gasteiger partial charge in [0, 0.05) is 10.4 Å². The molecule has 0 bridgehead atoms. The third-order valence-electron chi connectivity index (χ3n) is 5.61. The first-order valence-corrected chi connectivity index (χ1v) is 9.59. The average molecular weight is 452 g/mol. The van der Waals surface area contributed by atoms with E-state index in [0.717, 1.165) is 14.9 Å². The topological polar surface area (TPSA) is 29.5 Å². The van der Waals surface area contributed by atoms with Crippen molar-refractivity contribution in [3.05, 3.63) is 76.8 Å². The van der Waals surface area contributed by atoms with E-state index < -0.39 is 23.7 Å². The van der Waals surface area contributed by atoms with Crippen LogP contribution < -0.4 is 4.90 Å². The van der Waals surface area contributed by atoms with Crippen molar-refractivity contribution in [2.45, 2.75) is 30.2 Å². The third-order valence-corrected chi connectivity index (χ3v) is 6.14. The number of carbonyl (C=O) groups is 1. The van der Waals surface area contributed by atoms with Gasteiger partial charge in [-0.1, -0.05) is 52.3 Å². The molecule has 7 heteroatoms. The number of halogens is 4. The highest BCUT2D eigenvalue weighted by molar-refractivity contribution is 9.10. The highest BCUT2D eigenvalue weighted by atomic mass is 79.9. The van der Waals surface area contributed by atoms with Crippen LogP contribution in [0, 0.1) is 0 Å². The smallest absolute Gasteiger partial charge is 0.357 e. The van der Waals surface area contributed by atoms with Crippen molar-refractivity contribution in [2.24, 2.45) is 0 Å². The molecule has 1 saturated heterocycles. The number of anilines is 1. The quantitative estimate of drug-likeness (QED) is 0.591. The van der Waals surface area contributed by atoms with E-state index >= 15 is 0 Å². The minimum Gasteiger partial charge on any atom is -0.357 e. The van der Waals surface area contributed by atoms with Crippen LogP contribution in [0.3, 0.4) is 0 Å². The summed E-state index contributed by atoms with van der Waals surface area (Å²) in [6.45, 7) is 4.22. The van der Waals surface area contributed by atoms with Crippen LogP contribution in [-0.4, -0.2) is 24.9 Å². The van der Waals surface area contributed by atoms with Gasteiger partial charge in [-0.25, -0.2) is 0 Å². The summed E-state index contributed by atoms with van der Waals surface area (Å²) in [7, 11) is 0. The molecule has 3 nitrogen and oxygen atoms in total. The van der Waals surface area contributed by atoms with Crippen molar-refractivity contribution in [3.63, 3.8) is 0 Å². The average Bonchev–Trinajstić information content (AvgIpc) is 3.19. The molecule has 4 rings (SSSR count). The van der Waals surface area contributed by atoms with E-state index in [4.69, 9.17) is 4.74 Å². The van der Waals surface area contributed by atoms with Crippen LogP contribution in [0.1, 0.15) is 23.5 Å². The SMILES string of the molecule is C=C[C@@H](c1ccc(Br)cc1)[C@@]12CCO[C@@H]1N(C(=O)C(F)(F)F)c1ccccc12. The van der Waals surface area contributed by atoms with E-state index in [9.17, 15) is 18.0 Å². The predicted molar refractivity (Wildman–Crippen MR) is 103 cm³/mol. The number of para-hydroxylation sites is 1. The number of hydrogen-bond acceptors (Lipinski definition) is 2. The Hall–Kier alpha value is -2.12.